The van der Waals surface area contributed by atoms with E-state index >= 15 is 0 Å². The second-order valence-corrected chi connectivity index (χ2v) is 5.45. The zero-order valence-electron chi connectivity index (χ0n) is 9.13. The highest BCUT2D eigenvalue weighted by atomic mass is 79.9. The van der Waals surface area contributed by atoms with E-state index in [2.05, 4.69) is 46.4 Å². The first-order chi connectivity index (χ1) is 7.21. The zero-order valence-corrected chi connectivity index (χ0v) is 11.5. The predicted molar refractivity (Wildman–Crippen MR) is 70.2 cm³/mol. The van der Waals surface area contributed by atoms with E-state index in [0.717, 1.165) is 19.7 Å². The number of hydrogen-bond donors (Lipinski definition) is 1. The van der Waals surface area contributed by atoms with Crippen LogP contribution in [-0.4, -0.2) is 18.7 Å². The second-order valence-electron chi connectivity index (χ2n) is 4.59. The molecule has 0 aromatic heterocycles. The van der Waals surface area contributed by atoms with Gasteiger partial charge in [0.1, 0.15) is 0 Å². The van der Waals surface area contributed by atoms with Gasteiger partial charge in [-0.25, -0.2) is 0 Å². The van der Waals surface area contributed by atoms with Crippen LogP contribution in [0.2, 0.25) is 0 Å². The van der Waals surface area contributed by atoms with Crippen molar-refractivity contribution in [2.75, 3.05) is 13.1 Å². The lowest BCUT2D eigenvalue weighted by molar-refractivity contribution is -0.0520. The van der Waals surface area contributed by atoms with E-state index in [9.17, 15) is 0 Å². The van der Waals surface area contributed by atoms with Gasteiger partial charge in [-0.2, -0.15) is 0 Å². The third kappa shape index (κ3) is 1.70. The first-order valence-corrected chi connectivity index (χ1v) is 6.12. The van der Waals surface area contributed by atoms with Gasteiger partial charge in [0.05, 0.1) is 12.2 Å². The van der Waals surface area contributed by atoms with Crippen LogP contribution in [0, 0.1) is 0 Å². The molecule has 0 bridgehead atoms. The molecule has 2 atom stereocenters. The molecule has 2 nitrogen and oxygen atoms in total. The summed E-state index contributed by atoms with van der Waals surface area (Å²) in [6.07, 6.45) is 0. The Balaban J connectivity index is 0.000000963. The highest BCUT2D eigenvalue weighted by Crippen LogP contribution is 2.42. The quantitative estimate of drug-likeness (QED) is 0.796. The Kier molecular flexibility index (Phi) is 3.32. The van der Waals surface area contributed by atoms with E-state index in [-0.39, 0.29) is 18.0 Å². The summed E-state index contributed by atoms with van der Waals surface area (Å²) in [6.45, 7) is 4.93. The number of halogens is 2. The second kappa shape index (κ2) is 4.30. The average molecular weight is 305 g/mol. The fraction of sp³-hybridized carbons (Fsp3) is 0.500. The summed E-state index contributed by atoms with van der Waals surface area (Å²) in [5.74, 6) is 0.499. The molecule has 0 spiro atoms. The van der Waals surface area contributed by atoms with Gasteiger partial charge < -0.3 is 10.1 Å². The van der Waals surface area contributed by atoms with Crippen molar-refractivity contribution in [2.24, 2.45) is 0 Å². The molecule has 0 amide bonds. The lowest BCUT2D eigenvalue weighted by Crippen LogP contribution is -2.39. The minimum Gasteiger partial charge on any atom is -0.369 e. The smallest absolute Gasteiger partial charge is 0.0863 e. The lowest BCUT2D eigenvalue weighted by atomic mass is 9.82. The normalized spacial score (nSPS) is 31.5. The average Bonchev–Trinajstić information content (AvgIpc) is 2.60. The molecular formula is C12H15BrClNO. The van der Waals surface area contributed by atoms with Crippen LogP contribution in [0.15, 0.2) is 22.7 Å². The van der Waals surface area contributed by atoms with Gasteiger partial charge >= 0.3 is 0 Å². The number of nitrogens with one attached hydrogen (secondary N) is 1. The van der Waals surface area contributed by atoms with Crippen LogP contribution in [0.3, 0.4) is 0 Å². The molecule has 0 saturated carbocycles. The molecule has 0 aliphatic carbocycles. The summed E-state index contributed by atoms with van der Waals surface area (Å²) in [4.78, 5) is 0. The van der Waals surface area contributed by atoms with E-state index in [4.69, 9.17) is 4.74 Å². The number of fused-ring (bicyclic) bond motifs is 3. The van der Waals surface area contributed by atoms with Crippen LogP contribution < -0.4 is 5.32 Å². The topological polar surface area (TPSA) is 21.3 Å². The largest absolute Gasteiger partial charge is 0.369 e. The van der Waals surface area contributed by atoms with Crippen LogP contribution >= 0.6 is 28.3 Å². The molecule has 1 aromatic rings. The van der Waals surface area contributed by atoms with Crippen molar-refractivity contribution >= 4 is 28.3 Å². The summed E-state index contributed by atoms with van der Waals surface area (Å²) in [5.41, 5.74) is 2.76. The Labute approximate surface area is 110 Å². The van der Waals surface area contributed by atoms with Gasteiger partial charge in [-0.1, -0.05) is 28.1 Å². The summed E-state index contributed by atoms with van der Waals surface area (Å²) < 4.78 is 7.18. The van der Waals surface area contributed by atoms with E-state index in [1.54, 1.807) is 0 Å². The number of ether oxygens (including phenoxy) is 1. The molecule has 1 aromatic carbocycles. The van der Waals surface area contributed by atoms with Crippen molar-refractivity contribution in [1.29, 1.82) is 0 Å². The Morgan fingerprint density at radius 1 is 1.50 bits per heavy atom. The van der Waals surface area contributed by atoms with Crippen molar-refractivity contribution in [1.82, 2.24) is 5.32 Å². The maximum absolute atomic E-state index is 6.00. The Bertz CT molecular complexity index is 412. The van der Waals surface area contributed by atoms with E-state index < -0.39 is 0 Å². The van der Waals surface area contributed by atoms with Crippen LogP contribution in [0.4, 0.5) is 0 Å². The van der Waals surface area contributed by atoms with Crippen molar-refractivity contribution in [3.05, 3.63) is 33.8 Å². The highest BCUT2D eigenvalue weighted by molar-refractivity contribution is 9.10. The SMILES string of the molecule is C[C@@]12CNC[C@@H]1c1cccc(Br)c1CO2.Cl. The van der Waals surface area contributed by atoms with Gasteiger partial charge in [0.2, 0.25) is 0 Å². The number of rotatable bonds is 0. The van der Waals surface area contributed by atoms with Gasteiger partial charge in [0.25, 0.3) is 0 Å². The van der Waals surface area contributed by atoms with E-state index in [1.807, 2.05) is 0 Å². The molecule has 4 heteroatoms. The van der Waals surface area contributed by atoms with Gasteiger partial charge in [-0.3, -0.25) is 0 Å². The molecule has 2 aliphatic rings. The molecule has 0 unspecified atom stereocenters. The maximum atomic E-state index is 6.00. The molecule has 88 valence electrons. The monoisotopic (exact) mass is 303 g/mol. The molecule has 1 N–H and O–H groups in total. The fourth-order valence-corrected chi connectivity index (χ4v) is 3.18. The molecule has 1 fully saturated rings. The standard InChI is InChI=1S/C12H14BrNO.ClH/c1-12-7-14-5-10(12)8-3-2-4-11(13)9(8)6-15-12;/h2-4,10,14H,5-7H2,1H3;1H/t10-,12-;/m1./s1. The molecule has 2 aliphatic heterocycles. The van der Waals surface area contributed by atoms with Crippen LogP contribution in [0.1, 0.15) is 24.0 Å². The zero-order chi connectivity index (χ0) is 10.5. The van der Waals surface area contributed by atoms with E-state index in [1.165, 1.54) is 15.6 Å². The van der Waals surface area contributed by atoms with Crippen molar-refractivity contribution in [3.63, 3.8) is 0 Å². The van der Waals surface area contributed by atoms with Crippen LogP contribution in [-0.2, 0) is 11.3 Å². The minimum atomic E-state index is -0.00616. The summed E-state index contributed by atoms with van der Waals surface area (Å²) >= 11 is 3.60. The first kappa shape index (κ1) is 12.4. The number of hydrogen-bond acceptors (Lipinski definition) is 2. The van der Waals surface area contributed by atoms with E-state index in [0.29, 0.717) is 5.92 Å². The lowest BCUT2D eigenvalue weighted by Gasteiger charge is -2.37. The predicted octanol–water partition coefficient (Wildman–Crippen LogP) is 2.85. The highest BCUT2D eigenvalue weighted by Gasteiger charge is 2.44. The molecule has 0 radical (unpaired) electrons. The van der Waals surface area contributed by atoms with Crippen molar-refractivity contribution < 1.29 is 4.74 Å². The molecule has 16 heavy (non-hydrogen) atoms. The Hall–Kier alpha value is -0.0900. The molecule has 1 saturated heterocycles. The third-order valence-corrected chi connectivity index (χ3v) is 4.38. The first-order valence-electron chi connectivity index (χ1n) is 5.33. The molecular weight excluding hydrogens is 289 g/mol. The van der Waals surface area contributed by atoms with Crippen molar-refractivity contribution in [3.8, 4) is 0 Å². The molecule has 2 heterocycles. The molecule has 3 rings (SSSR count). The summed E-state index contributed by atoms with van der Waals surface area (Å²) in [5, 5.41) is 3.42. The summed E-state index contributed by atoms with van der Waals surface area (Å²) in [7, 11) is 0. The Morgan fingerprint density at radius 3 is 3.12 bits per heavy atom. The van der Waals surface area contributed by atoms with Gasteiger partial charge in [-0.15, -0.1) is 12.4 Å². The van der Waals surface area contributed by atoms with Crippen LogP contribution in [0.5, 0.6) is 0 Å². The van der Waals surface area contributed by atoms with Crippen molar-refractivity contribution in [2.45, 2.75) is 25.0 Å². The van der Waals surface area contributed by atoms with Crippen LogP contribution in [0.25, 0.3) is 0 Å². The van der Waals surface area contributed by atoms with Gasteiger partial charge in [0.15, 0.2) is 0 Å². The summed E-state index contributed by atoms with van der Waals surface area (Å²) in [6, 6.07) is 6.44. The Morgan fingerprint density at radius 2 is 2.31 bits per heavy atom. The maximum Gasteiger partial charge on any atom is 0.0863 e. The van der Waals surface area contributed by atoms with Gasteiger partial charge in [0, 0.05) is 23.5 Å². The number of benzene rings is 1. The third-order valence-electron chi connectivity index (χ3n) is 3.64. The minimum absolute atomic E-state index is 0. The van der Waals surface area contributed by atoms with Gasteiger partial charge in [-0.05, 0) is 24.1 Å². The fourth-order valence-electron chi connectivity index (χ4n) is 2.69.